The van der Waals surface area contributed by atoms with Crippen molar-refractivity contribution in [3.63, 3.8) is 0 Å². The smallest absolute Gasteiger partial charge is 0.435 e. The standard InChI is InChI=1S/C10H19N2O5P/c1-8-3-2-5-12(8,10(14)15)9(13)7-18(16,17)6-4-11/h8H,2-7,11H2,1H3,(H-,14,15,16,17)/p+1/t8-,12?/m1/s1. The lowest BCUT2D eigenvalue weighted by Crippen LogP contribution is -2.59. The highest BCUT2D eigenvalue weighted by molar-refractivity contribution is 7.58. The van der Waals surface area contributed by atoms with Gasteiger partial charge in [-0.05, 0) is 6.92 Å². The molecule has 1 fully saturated rings. The molecule has 0 bridgehead atoms. The molecule has 0 radical (unpaired) electrons. The summed E-state index contributed by atoms with van der Waals surface area (Å²) in [6.45, 7) is 1.88. The first-order valence-corrected chi connectivity index (χ1v) is 7.95. The van der Waals surface area contributed by atoms with Crippen LogP contribution in [-0.2, 0) is 9.36 Å². The minimum Gasteiger partial charge on any atom is -0.435 e. The van der Waals surface area contributed by atoms with Crippen LogP contribution in [0.3, 0.4) is 0 Å². The number of amides is 2. The van der Waals surface area contributed by atoms with E-state index in [1.54, 1.807) is 6.92 Å². The molecule has 0 aromatic carbocycles. The Hall–Kier alpha value is -0.750. The number of carbonyl (C=O) groups is 2. The molecular formula is C10H20N2O5P+. The fraction of sp³-hybridized carbons (Fsp3) is 0.800. The third-order valence-corrected chi connectivity index (χ3v) is 5.25. The zero-order valence-corrected chi connectivity index (χ0v) is 11.3. The fourth-order valence-electron chi connectivity index (χ4n) is 2.46. The summed E-state index contributed by atoms with van der Waals surface area (Å²) < 4.78 is 11.0. The second kappa shape index (κ2) is 5.48. The maximum atomic E-state index is 12.1. The summed E-state index contributed by atoms with van der Waals surface area (Å²) in [4.78, 5) is 33.1. The van der Waals surface area contributed by atoms with Crippen LogP contribution in [0.4, 0.5) is 4.79 Å². The first kappa shape index (κ1) is 15.3. The molecule has 18 heavy (non-hydrogen) atoms. The van der Waals surface area contributed by atoms with Crippen molar-refractivity contribution in [2.45, 2.75) is 25.8 Å². The molecule has 0 aromatic heterocycles. The summed E-state index contributed by atoms with van der Waals surface area (Å²) >= 11 is 0. The van der Waals surface area contributed by atoms with E-state index >= 15 is 0 Å². The molecule has 2 amide bonds. The van der Waals surface area contributed by atoms with Crippen molar-refractivity contribution in [1.82, 2.24) is 0 Å². The van der Waals surface area contributed by atoms with Crippen molar-refractivity contribution in [3.8, 4) is 0 Å². The average molecular weight is 279 g/mol. The van der Waals surface area contributed by atoms with Gasteiger partial charge in [0.2, 0.25) is 7.37 Å². The third-order valence-electron chi connectivity index (χ3n) is 3.53. The molecule has 104 valence electrons. The number of hydrogen-bond acceptors (Lipinski definition) is 4. The van der Waals surface area contributed by atoms with E-state index in [4.69, 9.17) is 5.73 Å². The number of hydrogen-bond donors (Lipinski definition) is 3. The molecule has 7 nitrogen and oxygen atoms in total. The SMILES string of the molecule is C[C@@H]1CCC[N+]1(C(=O)O)C(=O)CP(=O)(O)CCN. The Morgan fingerprint density at radius 3 is 2.50 bits per heavy atom. The van der Waals surface area contributed by atoms with Crippen molar-refractivity contribution in [3.05, 3.63) is 0 Å². The second-order valence-corrected chi connectivity index (χ2v) is 7.23. The van der Waals surface area contributed by atoms with E-state index in [1.807, 2.05) is 0 Å². The number of nitrogens with two attached hydrogens (primary N) is 1. The van der Waals surface area contributed by atoms with Crippen LogP contribution < -0.4 is 5.73 Å². The highest BCUT2D eigenvalue weighted by Gasteiger charge is 2.53. The number of likely N-dealkylation sites (tertiary alicyclic amines) is 1. The van der Waals surface area contributed by atoms with Crippen LogP contribution in [0.5, 0.6) is 0 Å². The Morgan fingerprint density at radius 1 is 1.50 bits per heavy atom. The van der Waals surface area contributed by atoms with Crippen molar-refractivity contribution >= 4 is 19.4 Å². The lowest BCUT2D eigenvalue weighted by Gasteiger charge is -2.30. The van der Waals surface area contributed by atoms with Gasteiger partial charge in [0.05, 0.1) is 6.54 Å². The number of rotatable bonds is 4. The van der Waals surface area contributed by atoms with Crippen molar-refractivity contribution < 1.29 is 28.6 Å². The maximum Gasteiger partial charge on any atom is 0.521 e. The predicted molar refractivity (Wildman–Crippen MR) is 65.5 cm³/mol. The van der Waals surface area contributed by atoms with E-state index in [0.29, 0.717) is 12.8 Å². The van der Waals surface area contributed by atoms with Gasteiger partial charge in [-0.15, -0.1) is 0 Å². The molecule has 0 saturated carbocycles. The van der Waals surface area contributed by atoms with Gasteiger partial charge in [0.1, 0.15) is 12.2 Å². The molecule has 1 saturated heterocycles. The summed E-state index contributed by atoms with van der Waals surface area (Å²) in [5.41, 5.74) is 5.20. The van der Waals surface area contributed by atoms with Crippen LogP contribution in [-0.4, -0.2) is 57.9 Å². The Morgan fingerprint density at radius 2 is 2.11 bits per heavy atom. The minimum atomic E-state index is -3.66. The third kappa shape index (κ3) is 2.80. The molecule has 4 N–H and O–H groups in total. The summed E-state index contributed by atoms with van der Waals surface area (Å²) in [6.07, 6.45) is -0.748. The summed E-state index contributed by atoms with van der Waals surface area (Å²) in [6, 6.07) is -0.354. The highest BCUT2D eigenvalue weighted by atomic mass is 31.2. The van der Waals surface area contributed by atoms with Gasteiger partial charge >= 0.3 is 12.0 Å². The zero-order chi connectivity index (χ0) is 14.0. The van der Waals surface area contributed by atoms with Crippen LogP contribution in [0.2, 0.25) is 0 Å². The quantitative estimate of drug-likeness (QED) is 0.507. The normalized spacial score (nSPS) is 30.9. The topological polar surface area (TPSA) is 118 Å². The van der Waals surface area contributed by atoms with Crippen LogP contribution >= 0.6 is 7.37 Å². The first-order valence-electron chi connectivity index (χ1n) is 5.92. The molecule has 8 heteroatoms. The molecule has 3 atom stereocenters. The number of quaternary nitrogens is 1. The Balaban J connectivity index is 2.93. The fourth-order valence-corrected chi connectivity index (χ4v) is 3.69. The van der Waals surface area contributed by atoms with E-state index in [1.165, 1.54) is 0 Å². The number of nitrogens with zero attached hydrogens (tertiary/aromatic N) is 1. The van der Waals surface area contributed by atoms with Gasteiger partial charge in [-0.3, -0.25) is 4.57 Å². The van der Waals surface area contributed by atoms with E-state index in [2.05, 4.69) is 0 Å². The predicted octanol–water partition coefficient (Wildman–Crippen LogP) is 0.419. The van der Waals surface area contributed by atoms with Gasteiger partial charge < -0.3 is 15.7 Å². The van der Waals surface area contributed by atoms with E-state index in [-0.39, 0.29) is 25.3 Å². The molecule has 2 unspecified atom stereocenters. The lowest BCUT2D eigenvalue weighted by molar-refractivity contribution is -0.791. The van der Waals surface area contributed by atoms with Crippen LogP contribution in [0.25, 0.3) is 0 Å². The summed E-state index contributed by atoms with van der Waals surface area (Å²) in [7, 11) is -3.66. The molecule has 1 heterocycles. The molecule has 0 aliphatic carbocycles. The summed E-state index contributed by atoms with van der Waals surface area (Å²) in [5, 5.41) is 9.29. The lowest BCUT2D eigenvalue weighted by atomic mass is 10.2. The van der Waals surface area contributed by atoms with Crippen molar-refractivity contribution in [2.24, 2.45) is 5.73 Å². The van der Waals surface area contributed by atoms with Gasteiger partial charge in [0.25, 0.3) is 0 Å². The van der Waals surface area contributed by atoms with Gasteiger partial charge in [-0.1, -0.05) is 0 Å². The van der Waals surface area contributed by atoms with Gasteiger partial charge in [0, 0.05) is 25.5 Å². The average Bonchev–Trinajstić information content (AvgIpc) is 2.59. The largest absolute Gasteiger partial charge is 0.521 e. The minimum absolute atomic E-state index is 0.00365. The van der Waals surface area contributed by atoms with Gasteiger partial charge in [-0.25, -0.2) is 4.79 Å². The van der Waals surface area contributed by atoms with Crippen LogP contribution in [0, 0.1) is 0 Å². The monoisotopic (exact) mass is 279 g/mol. The summed E-state index contributed by atoms with van der Waals surface area (Å²) in [5.74, 6) is -0.688. The zero-order valence-electron chi connectivity index (χ0n) is 10.4. The van der Waals surface area contributed by atoms with Crippen molar-refractivity contribution in [1.29, 1.82) is 0 Å². The highest BCUT2D eigenvalue weighted by Crippen LogP contribution is 2.41. The van der Waals surface area contributed by atoms with Gasteiger partial charge in [-0.2, -0.15) is 9.28 Å². The molecule has 1 rings (SSSR count). The van der Waals surface area contributed by atoms with Gasteiger partial charge in [0.15, 0.2) is 0 Å². The van der Waals surface area contributed by atoms with E-state index in [0.717, 1.165) is 0 Å². The molecular weight excluding hydrogens is 259 g/mol. The Bertz CT molecular complexity index is 400. The van der Waals surface area contributed by atoms with E-state index in [9.17, 15) is 24.2 Å². The second-order valence-electron chi connectivity index (χ2n) is 4.78. The molecule has 1 aliphatic heterocycles. The molecule has 0 spiro atoms. The Labute approximate surface area is 106 Å². The van der Waals surface area contributed by atoms with E-state index < -0.39 is 30.0 Å². The van der Waals surface area contributed by atoms with Crippen molar-refractivity contribution in [2.75, 3.05) is 25.4 Å². The first-order chi connectivity index (χ1) is 8.26. The molecule has 0 aromatic rings. The number of carboxylic acid groups (broad SMARTS) is 1. The number of imide groups is 1. The maximum absolute atomic E-state index is 12.1. The van der Waals surface area contributed by atoms with Crippen LogP contribution in [0.1, 0.15) is 19.8 Å². The Kier molecular flexibility index (Phi) is 4.66. The van der Waals surface area contributed by atoms with Crippen LogP contribution in [0.15, 0.2) is 0 Å². The number of carbonyl (C=O) groups excluding carboxylic acids is 1. The molecule has 1 aliphatic rings.